The summed E-state index contributed by atoms with van der Waals surface area (Å²) in [5, 5.41) is 1.73. The Hall–Kier alpha value is 0.170. The Morgan fingerprint density at radius 1 is 1.09 bits per heavy atom. The molecule has 1 aliphatic heterocycles. The van der Waals surface area contributed by atoms with Gasteiger partial charge in [0.15, 0.2) is 0 Å². The first-order valence-electron chi connectivity index (χ1n) is 4.82. The summed E-state index contributed by atoms with van der Waals surface area (Å²) in [6.45, 7) is 2.19. The van der Waals surface area contributed by atoms with Crippen LogP contribution >= 0.6 is 8.58 Å². The third kappa shape index (κ3) is 3.91. The molecule has 1 heteroatoms. The van der Waals surface area contributed by atoms with Gasteiger partial charge in [-0.1, -0.05) is 39.2 Å². The Morgan fingerprint density at radius 3 is 2.64 bits per heavy atom. The van der Waals surface area contributed by atoms with Crippen LogP contribution in [0, 0.1) is 0 Å². The Labute approximate surface area is 72.2 Å². The second-order valence-electron chi connectivity index (χ2n) is 3.26. The average Bonchev–Trinajstić information content (AvgIpc) is 2.16. The predicted octanol–water partition coefficient (Wildman–Crippen LogP) is 3.92. The summed E-state index contributed by atoms with van der Waals surface area (Å²) < 4.78 is 0. The number of rotatable bonds is 0. The van der Waals surface area contributed by atoms with E-state index in [2.05, 4.69) is 13.0 Å². The molecule has 1 unspecified atom stereocenters. The van der Waals surface area contributed by atoms with Gasteiger partial charge in [0.05, 0.1) is 0 Å². The van der Waals surface area contributed by atoms with Gasteiger partial charge in [0, 0.05) is 0 Å². The highest BCUT2D eigenvalue weighted by molar-refractivity contribution is 7.43. The SMILES string of the molecule is CC=C1CCCCCCCP1. The van der Waals surface area contributed by atoms with E-state index in [-0.39, 0.29) is 0 Å². The fraction of sp³-hybridized carbons (Fsp3) is 0.800. The second kappa shape index (κ2) is 5.77. The molecule has 1 rings (SSSR count). The van der Waals surface area contributed by atoms with E-state index in [1.807, 2.05) is 0 Å². The standard InChI is InChI=1S/C10H19P/c1-2-10-8-6-4-3-5-7-9-11-10/h2,11H,3-9H2,1H3. The van der Waals surface area contributed by atoms with Crippen LogP contribution in [-0.2, 0) is 0 Å². The maximum atomic E-state index is 2.34. The largest absolute Gasteiger partial charge is 0.0952 e. The van der Waals surface area contributed by atoms with Crippen molar-refractivity contribution in [1.82, 2.24) is 0 Å². The van der Waals surface area contributed by atoms with Crippen molar-refractivity contribution >= 4 is 8.58 Å². The van der Waals surface area contributed by atoms with Crippen LogP contribution in [0.25, 0.3) is 0 Å². The molecule has 0 bridgehead atoms. The zero-order valence-corrected chi connectivity index (χ0v) is 8.53. The molecular formula is C10H19P. The molecule has 1 saturated heterocycles. The molecule has 1 fully saturated rings. The fourth-order valence-corrected chi connectivity index (χ4v) is 2.86. The van der Waals surface area contributed by atoms with Gasteiger partial charge in [-0.3, -0.25) is 0 Å². The number of allylic oxidation sites excluding steroid dienone is 2. The second-order valence-corrected chi connectivity index (χ2v) is 4.75. The van der Waals surface area contributed by atoms with Gasteiger partial charge >= 0.3 is 0 Å². The lowest BCUT2D eigenvalue weighted by atomic mass is 10.1. The van der Waals surface area contributed by atoms with Crippen LogP contribution in [0.5, 0.6) is 0 Å². The lowest BCUT2D eigenvalue weighted by Crippen LogP contribution is -1.76. The van der Waals surface area contributed by atoms with E-state index in [1.54, 1.807) is 5.31 Å². The minimum Gasteiger partial charge on any atom is -0.0952 e. The van der Waals surface area contributed by atoms with Gasteiger partial charge in [0.2, 0.25) is 0 Å². The minimum atomic E-state index is 1.14. The molecule has 0 spiro atoms. The van der Waals surface area contributed by atoms with Crippen molar-refractivity contribution in [1.29, 1.82) is 0 Å². The third-order valence-corrected chi connectivity index (χ3v) is 3.92. The van der Waals surface area contributed by atoms with Crippen LogP contribution in [0.3, 0.4) is 0 Å². The van der Waals surface area contributed by atoms with Gasteiger partial charge in [-0.15, -0.1) is 0 Å². The highest BCUT2D eigenvalue weighted by atomic mass is 31.1. The fourth-order valence-electron chi connectivity index (χ4n) is 1.55. The first-order valence-corrected chi connectivity index (χ1v) is 6.03. The molecule has 0 saturated carbocycles. The van der Waals surface area contributed by atoms with Crippen molar-refractivity contribution in [3.8, 4) is 0 Å². The first kappa shape index (κ1) is 9.26. The van der Waals surface area contributed by atoms with Crippen molar-refractivity contribution < 1.29 is 0 Å². The molecule has 0 radical (unpaired) electrons. The number of hydrogen-bond donors (Lipinski definition) is 0. The summed E-state index contributed by atoms with van der Waals surface area (Å²) >= 11 is 0. The van der Waals surface area contributed by atoms with Crippen LogP contribution in [0.1, 0.15) is 45.4 Å². The molecular weight excluding hydrogens is 151 g/mol. The summed E-state index contributed by atoms with van der Waals surface area (Å²) in [7, 11) is 1.14. The topological polar surface area (TPSA) is 0 Å². The Balaban J connectivity index is 2.31. The molecule has 0 aromatic heterocycles. The smallest absolute Gasteiger partial charge is 0.0280 e. The van der Waals surface area contributed by atoms with E-state index in [4.69, 9.17) is 0 Å². The Morgan fingerprint density at radius 2 is 1.82 bits per heavy atom. The highest BCUT2D eigenvalue weighted by Gasteiger charge is 2.00. The normalized spacial score (nSPS) is 27.9. The molecule has 0 amide bonds. The molecule has 64 valence electrons. The van der Waals surface area contributed by atoms with E-state index in [0.717, 1.165) is 8.58 Å². The minimum absolute atomic E-state index is 1.14. The molecule has 1 heterocycles. The van der Waals surface area contributed by atoms with Gasteiger partial charge in [-0.25, -0.2) is 0 Å². The van der Waals surface area contributed by atoms with Crippen LogP contribution in [0.4, 0.5) is 0 Å². The molecule has 1 atom stereocenters. The molecule has 11 heavy (non-hydrogen) atoms. The summed E-state index contributed by atoms with van der Waals surface area (Å²) in [4.78, 5) is 0. The van der Waals surface area contributed by atoms with Gasteiger partial charge in [-0.05, 0) is 32.3 Å². The van der Waals surface area contributed by atoms with E-state index >= 15 is 0 Å². The molecule has 0 aliphatic carbocycles. The van der Waals surface area contributed by atoms with E-state index in [0.29, 0.717) is 0 Å². The third-order valence-electron chi connectivity index (χ3n) is 2.32. The van der Waals surface area contributed by atoms with E-state index < -0.39 is 0 Å². The molecule has 0 N–H and O–H groups in total. The molecule has 1 aliphatic rings. The highest BCUT2D eigenvalue weighted by Crippen LogP contribution is 2.31. The van der Waals surface area contributed by atoms with Crippen molar-refractivity contribution in [2.45, 2.75) is 45.4 Å². The summed E-state index contributed by atoms with van der Waals surface area (Å²) in [6.07, 6.45) is 12.5. The maximum absolute atomic E-state index is 2.34. The Kier molecular flexibility index (Phi) is 4.86. The quantitative estimate of drug-likeness (QED) is 0.483. The molecule has 0 nitrogen and oxygen atoms in total. The zero-order valence-electron chi connectivity index (χ0n) is 7.53. The van der Waals surface area contributed by atoms with Crippen LogP contribution in [0.2, 0.25) is 0 Å². The van der Waals surface area contributed by atoms with Crippen LogP contribution < -0.4 is 0 Å². The van der Waals surface area contributed by atoms with Gasteiger partial charge in [0.25, 0.3) is 0 Å². The van der Waals surface area contributed by atoms with Gasteiger partial charge in [-0.2, -0.15) is 0 Å². The van der Waals surface area contributed by atoms with Gasteiger partial charge in [0.1, 0.15) is 0 Å². The summed E-state index contributed by atoms with van der Waals surface area (Å²) in [5.41, 5.74) is 0. The summed E-state index contributed by atoms with van der Waals surface area (Å²) in [6, 6.07) is 0. The van der Waals surface area contributed by atoms with Crippen LogP contribution in [0.15, 0.2) is 11.4 Å². The number of hydrogen-bond acceptors (Lipinski definition) is 0. The maximum Gasteiger partial charge on any atom is -0.0280 e. The lowest BCUT2D eigenvalue weighted by molar-refractivity contribution is 0.643. The van der Waals surface area contributed by atoms with Gasteiger partial charge < -0.3 is 0 Å². The first-order chi connectivity index (χ1) is 5.43. The van der Waals surface area contributed by atoms with Crippen molar-refractivity contribution in [2.75, 3.05) is 6.16 Å². The van der Waals surface area contributed by atoms with E-state index in [9.17, 15) is 0 Å². The zero-order chi connectivity index (χ0) is 7.94. The van der Waals surface area contributed by atoms with E-state index in [1.165, 1.54) is 44.7 Å². The molecule has 0 aromatic carbocycles. The predicted molar refractivity (Wildman–Crippen MR) is 54.6 cm³/mol. The van der Waals surface area contributed by atoms with Crippen molar-refractivity contribution in [3.05, 3.63) is 11.4 Å². The lowest BCUT2D eigenvalue weighted by Gasteiger charge is -2.02. The van der Waals surface area contributed by atoms with Crippen molar-refractivity contribution in [3.63, 3.8) is 0 Å². The monoisotopic (exact) mass is 170 g/mol. The van der Waals surface area contributed by atoms with Crippen LogP contribution in [-0.4, -0.2) is 6.16 Å². The molecule has 0 aromatic rings. The average molecular weight is 170 g/mol. The van der Waals surface area contributed by atoms with Crippen molar-refractivity contribution in [2.24, 2.45) is 0 Å². The Bertz CT molecular complexity index is 115. The summed E-state index contributed by atoms with van der Waals surface area (Å²) in [5.74, 6) is 0.